The lowest BCUT2D eigenvalue weighted by Gasteiger charge is -1.88. The van der Waals surface area contributed by atoms with Crippen LogP contribution in [-0.4, -0.2) is 0 Å². The van der Waals surface area contributed by atoms with Gasteiger partial charge in [-0.2, -0.15) is 0 Å². The van der Waals surface area contributed by atoms with E-state index in [1.54, 1.807) is 11.3 Å². The zero-order valence-corrected chi connectivity index (χ0v) is 8.51. The minimum absolute atomic E-state index is 0.608. The van der Waals surface area contributed by atoms with Gasteiger partial charge < -0.3 is 5.73 Å². The second-order valence-electron chi connectivity index (χ2n) is 1.52. The van der Waals surface area contributed by atoms with E-state index < -0.39 is 0 Å². The molecule has 1 aromatic rings. The van der Waals surface area contributed by atoms with Gasteiger partial charge >= 0.3 is 0 Å². The Kier molecular flexibility index (Phi) is 2.70. The van der Waals surface area contributed by atoms with Gasteiger partial charge in [0, 0.05) is 25.7 Å². The van der Waals surface area contributed by atoms with Crippen LogP contribution in [0.2, 0.25) is 0 Å². The Morgan fingerprint density at radius 3 is 2.44 bits per heavy atom. The first kappa shape index (κ1) is 7.72. The lowest BCUT2D eigenvalue weighted by molar-refractivity contribution is 1.10. The van der Waals surface area contributed by atoms with E-state index in [9.17, 15) is 0 Å². The average Bonchev–Trinajstić information content (AvgIpc) is 2.15. The first-order valence-electron chi connectivity index (χ1n) is 2.37. The maximum absolute atomic E-state index is 5.42. The summed E-state index contributed by atoms with van der Waals surface area (Å²) in [7, 11) is 0. The van der Waals surface area contributed by atoms with Gasteiger partial charge in [-0.1, -0.05) is 0 Å². The van der Waals surface area contributed by atoms with Crippen molar-refractivity contribution in [2.75, 3.05) is 0 Å². The van der Waals surface area contributed by atoms with Crippen LogP contribution in [0.15, 0.2) is 14.3 Å². The Bertz CT molecular complexity index is 209. The SMILES string of the molecule is NCc1scc(Br)c1Br. The summed E-state index contributed by atoms with van der Waals surface area (Å²) in [6.45, 7) is 0.608. The molecule has 2 N–H and O–H groups in total. The third-order valence-electron chi connectivity index (χ3n) is 0.945. The molecule has 0 aliphatic heterocycles. The van der Waals surface area contributed by atoms with Crippen LogP contribution in [0.1, 0.15) is 4.88 Å². The van der Waals surface area contributed by atoms with Crippen molar-refractivity contribution in [1.82, 2.24) is 0 Å². The van der Waals surface area contributed by atoms with Gasteiger partial charge in [-0.05, 0) is 31.9 Å². The van der Waals surface area contributed by atoms with Gasteiger partial charge in [0.05, 0.1) is 0 Å². The van der Waals surface area contributed by atoms with E-state index in [2.05, 4.69) is 31.9 Å². The molecule has 0 aromatic carbocycles. The normalized spacial score (nSPS) is 10.1. The minimum atomic E-state index is 0.608. The first-order chi connectivity index (χ1) is 4.25. The van der Waals surface area contributed by atoms with Crippen molar-refractivity contribution in [2.45, 2.75) is 6.54 Å². The van der Waals surface area contributed by atoms with Crippen molar-refractivity contribution in [2.24, 2.45) is 5.73 Å². The van der Waals surface area contributed by atoms with Gasteiger partial charge in [-0.25, -0.2) is 0 Å². The maximum Gasteiger partial charge on any atom is 0.0469 e. The molecule has 50 valence electrons. The van der Waals surface area contributed by atoms with E-state index in [1.807, 2.05) is 5.38 Å². The molecule has 1 heterocycles. The molecule has 1 aromatic heterocycles. The fraction of sp³-hybridized carbons (Fsp3) is 0.200. The molecule has 0 fully saturated rings. The highest BCUT2D eigenvalue weighted by Crippen LogP contribution is 2.31. The highest BCUT2D eigenvalue weighted by atomic mass is 79.9. The Morgan fingerprint density at radius 1 is 1.56 bits per heavy atom. The van der Waals surface area contributed by atoms with Crippen LogP contribution in [-0.2, 0) is 6.54 Å². The third kappa shape index (κ3) is 1.55. The zero-order valence-electron chi connectivity index (χ0n) is 4.53. The number of hydrogen-bond acceptors (Lipinski definition) is 2. The van der Waals surface area contributed by atoms with E-state index in [-0.39, 0.29) is 0 Å². The largest absolute Gasteiger partial charge is 0.326 e. The second-order valence-corrected chi connectivity index (χ2v) is 4.14. The number of halogens is 2. The van der Waals surface area contributed by atoms with Crippen LogP contribution in [0.5, 0.6) is 0 Å². The quantitative estimate of drug-likeness (QED) is 0.835. The monoisotopic (exact) mass is 269 g/mol. The van der Waals surface area contributed by atoms with Gasteiger partial charge in [0.1, 0.15) is 0 Å². The lowest BCUT2D eigenvalue weighted by Crippen LogP contribution is -1.92. The molecular formula is C5H5Br2NS. The summed E-state index contributed by atoms with van der Waals surface area (Å²) in [5, 5.41) is 2.02. The molecule has 0 aliphatic carbocycles. The standard InChI is InChI=1S/C5H5Br2NS/c6-3-2-9-4(1-8)5(3)7/h2H,1,8H2. The lowest BCUT2D eigenvalue weighted by atomic mass is 10.5. The molecule has 4 heteroatoms. The fourth-order valence-corrected chi connectivity index (χ4v) is 2.53. The Morgan fingerprint density at radius 2 is 2.22 bits per heavy atom. The van der Waals surface area contributed by atoms with E-state index in [4.69, 9.17) is 5.73 Å². The number of rotatable bonds is 1. The summed E-state index contributed by atoms with van der Waals surface area (Å²) in [4.78, 5) is 1.18. The van der Waals surface area contributed by atoms with Crippen LogP contribution in [0.3, 0.4) is 0 Å². The number of thiophene rings is 1. The van der Waals surface area contributed by atoms with E-state index in [1.165, 1.54) is 4.88 Å². The predicted octanol–water partition coefficient (Wildman–Crippen LogP) is 2.73. The summed E-state index contributed by atoms with van der Waals surface area (Å²) in [6.07, 6.45) is 0. The fourth-order valence-electron chi connectivity index (χ4n) is 0.497. The van der Waals surface area contributed by atoms with Crippen molar-refractivity contribution >= 4 is 43.2 Å². The van der Waals surface area contributed by atoms with Gasteiger partial charge in [0.15, 0.2) is 0 Å². The molecule has 1 rings (SSSR count). The van der Waals surface area contributed by atoms with Crippen LogP contribution in [0, 0.1) is 0 Å². The van der Waals surface area contributed by atoms with Gasteiger partial charge in [0.2, 0.25) is 0 Å². The highest BCUT2D eigenvalue weighted by Gasteiger charge is 2.03. The average molecular weight is 271 g/mol. The van der Waals surface area contributed by atoms with Gasteiger partial charge in [0.25, 0.3) is 0 Å². The van der Waals surface area contributed by atoms with E-state index in [0.29, 0.717) is 6.54 Å². The second kappa shape index (κ2) is 3.14. The first-order valence-corrected chi connectivity index (χ1v) is 4.83. The summed E-state index contributed by atoms with van der Waals surface area (Å²) in [5.41, 5.74) is 5.42. The van der Waals surface area contributed by atoms with Crippen molar-refractivity contribution in [3.8, 4) is 0 Å². The van der Waals surface area contributed by atoms with Crippen molar-refractivity contribution < 1.29 is 0 Å². The molecule has 0 saturated carbocycles. The molecule has 0 atom stereocenters. The Labute approximate surface area is 74.5 Å². The number of nitrogens with two attached hydrogens (primary N) is 1. The molecule has 0 saturated heterocycles. The zero-order chi connectivity index (χ0) is 6.85. The number of hydrogen-bond donors (Lipinski definition) is 1. The molecule has 0 spiro atoms. The van der Waals surface area contributed by atoms with Crippen molar-refractivity contribution in [3.05, 3.63) is 19.2 Å². The minimum Gasteiger partial charge on any atom is -0.326 e. The molecule has 0 aliphatic rings. The molecule has 1 nitrogen and oxygen atoms in total. The molecule has 0 amide bonds. The summed E-state index contributed by atoms with van der Waals surface area (Å²) in [6, 6.07) is 0. The third-order valence-corrected chi connectivity index (χ3v) is 4.58. The molecule has 9 heavy (non-hydrogen) atoms. The molecule has 0 radical (unpaired) electrons. The smallest absolute Gasteiger partial charge is 0.0469 e. The van der Waals surface area contributed by atoms with Crippen LogP contribution >= 0.6 is 43.2 Å². The van der Waals surface area contributed by atoms with Crippen molar-refractivity contribution in [3.63, 3.8) is 0 Å². The highest BCUT2D eigenvalue weighted by molar-refractivity contribution is 9.13. The predicted molar refractivity (Wildman–Crippen MR) is 47.6 cm³/mol. The van der Waals surface area contributed by atoms with Crippen LogP contribution in [0.4, 0.5) is 0 Å². The summed E-state index contributed by atoms with van der Waals surface area (Å²) >= 11 is 8.42. The summed E-state index contributed by atoms with van der Waals surface area (Å²) in [5.74, 6) is 0. The van der Waals surface area contributed by atoms with Gasteiger partial charge in [-0.15, -0.1) is 11.3 Å². The molecular weight excluding hydrogens is 266 g/mol. The maximum atomic E-state index is 5.42. The van der Waals surface area contributed by atoms with Gasteiger partial charge in [-0.3, -0.25) is 0 Å². The Balaban J connectivity index is 3.04. The Hall–Kier alpha value is 0.620. The summed E-state index contributed by atoms with van der Waals surface area (Å²) < 4.78 is 2.18. The molecule has 0 bridgehead atoms. The topological polar surface area (TPSA) is 26.0 Å². The van der Waals surface area contributed by atoms with E-state index >= 15 is 0 Å². The van der Waals surface area contributed by atoms with Crippen LogP contribution in [0.25, 0.3) is 0 Å². The molecule has 0 unspecified atom stereocenters. The van der Waals surface area contributed by atoms with Crippen LogP contribution < -0.4 is 5.73 Å². The van der Waals surface area contributed by atoms with E-state index in [0.717, 1.165) is 8.95 Å². The van der Waals surface area contributed by atoms with Crippen molar-refractivity contribution in [1.29, 1.82) is 0 Å².